The van der Waals surface area contributed by atoms with E-state index in [2.05, 4.69) is 193 Å². The molecule has 0 amide bonds. The molecule has 0 atom stereocenters. The van der Waals surface area contributed by atoms with Gasteiger partial charge in [0, 0.05) is 36.8 Å². The predicted molar refractivity (Wildman–Crippen MR) is 217 cm³/mol. The van der Waals surface area contributed by atoms with Gasteiger partial charge >= 0.3 is 0 Å². The lowest BCUT2D eigenvalue weighted by molar-refractivity contribution is 1.30. The monoisotopic (exact) mass is 653 g/mol. The largest absolute Gasteiger partial charge is 0.309 e. The van der Waals surface area contributed by atoms with Crippen LogP contribution in [-0.4, -0.2) is 0 Å². The Morgan fingerprint density at radius 3 is 1.84 bits per heavy atom. The number of para-hydroxylation sites is 1. The maximum Gasteiger partial charge on any atom is 0.0546 e. The molecule has 1 aromatic heterocycles. The summed E-state index contributed by atoms with van der Waals surface area (Å²) in [5, 5.41) is 10.2. The van der Waals surface area contributed by atoms with Crippen molar-refractivity contribution in [3.63, 3.8) is 0 Å². The second-order valence-electron chi connectivity index (χ2n) is 12.9. The van der Waals surface area contributed by atoms with Gasteiger partial charge in [0.05, 0.1) is 11.4 Å². The smallest absolute Gasteiger partial charge is 0.0546 e. The summed E-state index contributed by atoms with van der Waals surface area (Å²) >= 11 is 1.89. The standard InChI is InChI=1S/C48H31NS/c1-2-12-33(13-3-1)39-16-8-10-20-45(39)49(46-31-35-14-4-5-15-38(35)41-17-6-7-18-42(41)46)37-26-22-32(23-27-37)34-24-28-40-36(30-34)25-29-44-43-19-9-11-21-47(43)50-48(40)44/h1-31H. The highest BCUT2D eigenvalue weighted by molar-refractivity contribution is 7.26. The number of rotatable bonds is 5. The van der Waals surface area contributed by atoms with Gasteiger partial charge in [-0.05, 0) is 80.0 Å². The van der Waals surface area contributed by atoms with E-state index in [-0.39, 0.29) is 0 Å². The van der Waals surface area contributed by atoms with Crippen LogP contribution in [0.1, 0.15) is 0 Å². The highest BCUT2D eigenvalue weighted by Crippen LogP contribution is 2.46. The van der Waals surface area contributed by atoms with Crippen LogP contribution in [0.3, 0.4) is 0 Å². The van der Waals surface area contributed by atoms with Crippen LogP contribution in [0.25, 0.3) is 74.7 Å². The molecule has 0 N–H and O–H groups in total. The van der Waals surface area contributed by atoms with Crippen molar-refractivity contribution in [1.82, 2.24) is 0 Å². The van der Waals surface area contributed by atoms with Gasteiger partial charge in [-0.3, -0.25) is 0 Å². The lowest BCUT2D eigenvalue weighted by atomic mass is 9.97. The molecule has 0 aliphatic heterocycles. The molecule has 2 heteroatoms. The fourth-order valence-corrected chi connectivity index (χ4v) is 8.89. The zero-order valence-corrected chi connectivity index (χ0v) is 28.1. The first-order chi connectivity index (χ1) is 24.8. The Morgan fingerprint density at radius 2 is 0.980 bits per heavy atom. The van der Waals surface area contributed by atoms with Gasteiger partial charge in [0.2, 0.25) is 0 Å². The first-order valence-corrected chi connectivity index (χ1v) is 17.9. The number of anilines is 3. The van der Waals surface area contributed by atoms with Crippen LogP contribution in [0.15, 0.2) is 188 Å². The Bertz CT molecular complexity index is 2870. The van der Waals surface area contributed by atoms with Gasteiger partial charge < -0.3 is 4.90 Å². The van der Waals surface area contributed by atoms with Crippen LogP contribution in [0.4, 0.5) is 17.1 Å². The minimum atomic E-state index is 1.12. The number of benzene rings is 9. The minimum absolute atomic E-state index is 1.12. The van der Waals surface area contributed by atoms with Crippen molar-refractivity contribution in [2.45, 2.75) is 0 Å². The molecular formula is C48H31NS. The summed E-state index contributed by atoms with van der Waals surface area (Å²) in [6, 6.07) is 68.7. The number of nitrogens with zero attached hydrogens (tertiary/aromatic N) is 1. The number of fused-ring (bicyclic) bond motifs is 8. The fourth-order valence-electron chi connectivity index (χ4n) is 7.65. The third-order valence-corrected chi connectivity index (χ3v) is 11.3. The van der Waals surface area contributed by atoms with Crippen LogP contribution >= 0.6 is 11.3 Å². The van der Waals surface area contributed by atoms with Crippen molar-refractivity contribution in [1.29, 1.82) is 0 Å². The number of hydrogen-bond acceptors (Lipinski definition) is 2. The predicted octanol–water partition coefficient (Wildman–Crippen LogP) is 14.3. The van der Waals surface area contributed by atoms with Gasteiger partial charge in [-0.25, -0.2) is 0 Å². The summed E-state index contributed by atoms with van der Waals surface area (Å²) in [5.41, 5.74) is 8.22. The summed E-state index contributed by atoms with van der Waals surface area (Å²) in [4.78, 5) is 2.44. The van der Waals surface area contributed by atoms with Gasteiger partial charge in [0.15, 0.2) is 0 Å². The molecule has 0 spiro atoms. The van der Waals surface area contributed by atoms with E-state index in [4.69, 9.17) is 0 Å². The van der Waals surface area contributed by atoms with Crippen LogP contribution in [-0.2, 0) is 0 Å². The van der Waals surface area contributed by atoms with E-state index in [0.29, 0.717) is 0 Å². The van der Waals surface area contributed by atoms with Crippen molar-refractivity contribution in [2.75, 3.05) is 4.90 Å². The number of thiophene rings is 1. The minimum Gasteiger partial charge on any atom is -0.309 e. The van der Waals surface area contributed by atoms with Gasteiger partial charge in [-0.2, -0.15) is 0 Å². The first-order valence-electron chi connectivity index (χ1n) is 17.1. The second-order valence-corrected chi connectivity index (χ2v) is 14.0. The molecule has 9 aromatic carbocycles. The molecular weight excluding hydrogens is 623 g/mol. The highest BCUT2D eigenvalue weighted by Gasteiger charge is 2.20. The Balaban J connectivity index is 1.14. The SMILES string of the molecule is c1ccc(-c2ccccc2N(c2ccc(-c3ccc4c(ccc5c6ccccc6sc45)c3)cc2)c2cc3ccccc3c3ccccc23)cc1. The summed E-state index contributed by atoms with van der Waals surface area (Å²) in [7, 11) is 0. The van der Waals surface area contributed by atoms with Crippen LogP contribution in [0.5, 0.6) is 0 Å². The molecule has 1 heterocycles. The van der Waals surface area contributed by atoms with Crippen molar-refractivity contribution in [3.8, 4) is 22.3 Å². The molecule has 1 nitrogen and oxygen atoms in total. The molecule has 0 aliphatic rings. The second kappa shape index (κ2) is 11.7. The van der Waals surface area contributed by atoms with Gasteiger partial charge in [0.1, 0.15) is 0 Å². The highest BCUT2D eigenvalue weighted by atomic mass is 32.1. The van der Waals surface area contributed by atoms with Crippen molar-refractivity contribution < 1.29 is 0 Å². The van der Waals surface area contributed by atoms with Crippen molar-refractivity contribution >= 4 is 80.9 Å². The van der Waals surface area contributed by atoms with E-state index in [1.54, 1.807) is 0 Å². The zero-order valence-electron chi connectivity index (χ0n) is 27.3. The van der Waals surface area contributed by atoms with E-state index >= 15 is 0 Å². The molecule has 0 saturated carbocycles. The van der Waals surface area contributed by atoms with E-state index in [9.17, 15) is 0 Å². The molecule has 0 bridgehead atoms. The summed E-state index contributed by atoms with van der Waals surface area (Å²) < 4.78 is 2.70. The maximum absolute atomic E-state index is 2.44. The fraction of sp³-hybridized carbons (Fsp3) is 0. The lowest BCUT2D eigenvalue weighted by Gasteiger charge is -2.29. The molecule has 0 fully saturated rings. The summed E-state index contributed by atoms with van der Waals surface area (Å²) in [5.74, 6) is 0. The van der Waals surface area contributed by atoms with Gasteiger partial charge in [-0.1, -0.05) is 152 Å². The molecule has 0 radical (unpaired) electrons. The third-order valence-electron chi connectivity index (χ3n) is 10.0. The van der Waals surface area contributed by atoms with Crippen molar-refractivity contribution in [3.05, 3.63) is 188 Å². The lowest BCUT2D eigenvalue weighted by Crippen LogP contribution is -2.12. The molecule has 10 rings (SSSR count). The molecule has 10 aromatic rings. The van der Waals surface area contributed by atoms with E-state index in [1.165, 1.54) is 74.7 Å². The molecule has 234 valence electrons. The Hall–Kier alpha value is -6.22. The first kappa shape index (κ1) is 28.8. The molecule has 0 saturated heterocycles. The van der Waals surface area contributed by atoms with Crippen LogP contribution < -0.4 is 4.90 Å². The number of hydrogen-bond donors (Lipinski definition) is 0. The van der Waals surface area contributed by atoms with Crippen LogP contribution in [0, 0.1) is 0 Å². The quantitative estimate of drug-likeness (QED) is 0.167. The van der Waals surface area contributed by atoms with E-state index in [1.807, 2.05) is 11.3 Å². The zero-order chi connectivity index (χ0) is 33.0. The summed E-state index contributed by atoms with van der Waals surface area (Å²) in [6.07, 6.45) is 0. The molecule has 0 aliphatic carbocycles. The molecule has 50 heavy (non-hydrogen) atoms. The summed E-state index contributed by atoms with van der Waals surface area (Å²) in [6.45, 7) is 0. The van der Waals surface area contributed by atoms with Gasteiger partial charge in [-0.15, -0.1) is 11.3 Å². The molecule has 0 unspecified atom stereocenters. The third kappa shape index (κ3) is 4.69. The Morgan fingerprint density at radius 1 is 0.340 bits per heavy atom. The average Bonchev–Trinajstić information content (AvgIpc) is 3.58. The topological polar surface area (TPSA) is 3.24 Å². The van der Waals surface area contributed by atoms with Gasteiger partial charge in [0.25, 0.3) is 0 Å². The van der Waals surface area contributed by atoms with Crippen LogP contribution in [0.2, 0.25) is 0 Å². The average molecular weight is 654 g/mol. The Labute approximate surface area is 294 Å². The van der Waals surface area contributed by atoms with E-state index in [0.717, 1.165) is 17.1 Å². The Kier molecular flexibility index (Phi) is 6.75. The van der Waals surface area contributed by atoms with Crippen molar-refractivity contribution in [2.24, 2.45) is 0 Å². The maximum atomic E-state index is 2.44. The van der Waals surface area contributed by atoms with E-state index < -0.39 is 0 Å². The normalized spacial score (nSPS) is 11.6.